The summed E-state index contributed by atoms with van der Waals surface area (Å²) in [5.74, 6) is 1.45. The first kappa shape index (κ1) is 14.2. The van der Waals surface area contributed by atoms with E-state index in [0.29, 0.717) is 12.3 Å². The van der Waals surface area contributed by atoms with Crippen LogP contribution in [0.5, 0.6) is 11.5 Å². The first-order chi connectivity index (χ1) is 10.7. The Morgan fingerprint density at radius 3 is 2.82 bits per heavy atom. The number of amides is 2. The molecule has 2 heterocycles. The third kappa shape index (κ3) is 3.28. The summed E-state index contributed by atoms with van der Waals surface area (Å²) in [7, 11) is 0. The van der Waals surface area contributed by atoms with Crippen molar-refractivity contribution in [2.75, 3.05) is 6.79 Å². The summed E-state index contributed by atoms with van der Waals surface area (Å²) >= 11 is 0. The van der Waals surface area contributed by atoms with E-state index in [0.717, 1.165) is 16.9 Å². The van der Waals surface area contributed by atoms with E-state index in [1.165, 1.54) is 0 Å². The number of hydrogen-bond acceptors (Lipinski definition) is 4. The Morgan fingerprint density at radius 2 is 2.00 bits per heavy atom. The number of urea groups is 1. The van der Waals surface area contributed by atoms with Crippen LogP contribution in [0.25, 0.3) is 0 Å². The van der Waals surface area contributed by atoms with Crippen LogP contribution >= 0.6 is 0 Å². The largest absolute Gasteiger partial charge is 0.454 e. The Kier molecular flexibility index (Phi) is 4.09. The van der Waals surface area contributed by atoms with Crippen LogP contribution in [0.3, 0.4) is 0 Å². The lowest BCUT2D eigenvalue weighted by Crippen LogP contribution is -2.36. The highest BCUT2D eigenvalue weighted by Crippen LogP contribution is 2.32. The molecule has 0 spiro atoms. The molecular weight excluding hydrogens is 282 g/mol. The molecule has 1 aromatic heterocycles. The van der Waals surface area contributed by atoms with Crippen molar-refractivity contribution < 1.29 is 14.3 Å². The van der Waals surface area contributed by atoms with E-state index in [1.54, 1.807) is 12.4 Å². The number of rotatable bonds is 4. The fraction of sp³-hybridized carbons (Fsp3) is 0.250. The van der Waals surface area contributed by atoms with E-state index in [9.17, 15) is 4.79 Å². The van der Waals surface area contributed by atoms with Crippen molar-refractivity contribution in [1.82, 2.24) is 15.6 Å². The number of nitrogens with one attached hydrogen (secondary N) is 2. The zero-order valence-corrected chi connectivity index (χ0v) is 12.2. The predicted octanol–water partition coefficient (Wildman–Crippen LogP) is 2.37. The van der Waals surface area contributed by atoms with Crippen LogP contribution in [0.15, 0.2) is 42.7 Å². The van der Waals surface area contributed by atoms with Crippen molar-refractivity contribution >= 4 is 6.03 Å². The Labute approximate surface area is 128 Å². The minimum atomic E-state index is -0.220. The van der Waals surface area contributed by atoms with Gasteiger partial charge in [0, 0.05) is 18.9 Å². The second-order valence-electron chi connectivity index (χ2n) is 5.02. The molecule has 1 atom stereocenters. The van der Waals surface area contributed by atoms with Crippen LogP contribution in [0.4, 0.5) is 4.79 Å². The van der Waals surface area contributed by atoms with E-state index < -0.39 is 0 Å². The summed E-state index contributed by atoms with van der Waals surface area (Å²) in [6.07, 6.45) is 3.41. The molecule has 1 unspecified atom stereocenters. The average Bonchev–Trinajstić information content (AvgIpc) is 3.01. The minimum Gasteiger partial charge on any atom is -0.454 e. The molecule has 1 aromatic carbocycles. The zero-order chi connectivity index (χ0) is 15.4. The van der Waals surface area contributed by atoms with E-state index in [-0.39, 0.29) is 18.9 Å². The van der Waals surface area contributed by atoms with Gasteiger partial charge in [-0.25, -0.2) is 4.79 Å². The van der Waals surface area contributed by atoms with Crippen LogP contribution in [-0.4, -0.2) is 17.8 Å². The van der Waals surface area contributed by atoms with Gasteiger partial charge in [0.2, 0.25) is 6.79 Å². The third-order valence-electron chi connectivity index (χ3n) is 3.44. The quantitative estimate of drug-likeness (QED) is 0.909. The van der Waals surface area contributed by atoms with Gasteiger partial charge in [-0.2, -0.15) is 0 Å². The molecule has 0 saturated carbocycles. The molecule has 1 aliphatic heterocycles. The van der Waals surface area contributed by atoms with Crippen molar-refractivity contribution in [3.05, 3.63) is 53.9 Å². The zero-order valence-electron chi connectivity index (χ0n) is 12.2. The Bertz CT molecular complexity index is 661. The third-order valence-corrected chi connectivity index (χ3v) is 3.44. The summed E-state index contributed by atoms with van der Waals surface area (Å²) in [5, 5.41) is 5.71. The predicted molar refractivity (Wildman–Crippen MR) is 80.6 cm³/mol. The normalized spacial score (nSPS) is 13.5. The van der Waals surface area contributed by atoms with E-state index in [1.807, 2.05) is 37.3 Å². The van der Waals surface area contributed by atoms with Gasteiger partial charge < -0.3 is 20.1 Å². The molecule has 6 nitrogen and oxygen atoms in total. The van der Waals surface area contributed by atoms with Crippen molar-refractivity contribution in [2.24, 2.45) is 0 Å². The number of fused-ring (bicyclic) bond motifs is 1. The highest BCUT2D eigenvalue weighted by molar-refractivity contribution is 5.74. The summed E-state index contributed by atoms with van der Waals surface area (Å²) in [6.45, 7) is 2.59. The first-order valence-electron chi connectivity index (χ1n) is 7.05. The molecule has 0 radical (unpaired) electrons. The Morgan fingerprint density at radius 1 is 1.23 bits per heavy atom. The fourth-order valence-electron chi connectivity index (χ4n) is 2.22. The van der Waals surface area contributed by atoms with Crippen LogP contribution in [-0.2, 0) is 6.54 Å². The Hall–Kier alpha value is -2.76. The molecule has 22 heavy (non-hydrogen) atoms. The molecule has 0 saturated heterocycles. The van der Waals surface area contributed by atoms with E-state index in [2.05, 4.69) is 15.6 Å². The van der Waals surface area contributed by atoms with Gasteiger partial charge in [-0.05, 0) is 42.3 Å². The van der Waals surface area contributed by atoms with Crippen molar-refractivity contribution in [1.29, 1.82) is 0 Å². The van der Waals surface area contributed by atoms with Gasteiger partial charge in [-0.15, -0.1) is 0 Å². The van der Waals surface area contributed by atoms with Gasteiger partial charge in [0.05, 0.1) is 6.04 Å². The number of pyridine rings is 1. The second-order valence-corrected chi connectivity index (χ2v) is 5.02. The lowest BCUT2D eigenvalue weighted by Gasteiger charge is -2.15. The van der Waals surface area contributed by atoms with Crippen molar-refractivity contribution in [3.63, 3.8) is 0 Å². The molecule has 1 aliphatic rings. The summed E-state index contributed by atoms with van der Waals surface area (Å²) in [5.41, 5.74) is 1.96. The number of benzene rings is 1. The molecule has 3 rings (SSSR count). The molecule has 0 bridgehead atoms. The molecular formula is C16H17N3O3. The number of carbonyl (C=O) groups excluding carboxylic acids is 1. The molecule has 0 fully saturated rings. The van der Waals surface area contributed by atoms with Crippen molar-refractivity contribution in [2.45, 2.75) is 19.5 Å². The van der Waals surface area contributed by atoms with Gasteiger partial charge in [-0.3, -0.25) is 4.98 Å². The van der Waals surface area contributed by atoms with Gasteiger partial charge >= 0.3 is 6.03 Å². The number of hydrogen-bond donors (Lipinski definition) is 2. The summed E-state index contributed by atoms with van der Waals surface area (Å²) in [6, 6.07) is 9.07. The molecule has 114 valence electrons. The van der Waals surface area contributed by atoms with E-state index in [4.69, 9.17) is 9.47 Å². The van der Waals surface area contributed by atoms with Crippen LogP contribution in [0.1, 0.15) is 24.1 Å². The average molecular weight is 299 g/mol. The monoisotopic (exact) mass is 299 g/mol. The topological polar surface area (TPSA) is 72.5 Å². The van der Waals surface area contributed by atoms with E-state index >= 15 is 0 Å². The second kappa shape index (κ2) is 6.34. The van der Waals surface area contributed by atoms with Gasteiger partial charge in [0.15, 0.2) is 11.5 Å². The summed E-state index contributed by atoms with van der Waals surface area (Å²) < 4.78 is 10.6. The fourth-order valence-corrected chi connectivity index (χ4v) is 2.22. The lowest BCUT2D eigenvalue weighted by molar-refractivity contribution is 0.174. The molecule has 2 amide bonds. The SMILES string of the molecule is CC(NC(=O)NCc1ccc2c(c1)OCO2)c1ccncc1. The highest BCUT2D eigenvalue weighted by Gasteiger charge is 2.14. The summed E-state index contributed by atoms with van der Waals surface area (Å²) in [4.78, 5) is 15.9. The maximum atomic E-state index is 11.9. The first-order valence-corrected chi connectivity index (χ1v) is 7.05. The Balaban J connectivity index is 1.52. The number of nitrogens with zero attached hydrogens (tertiary/aromatic N) is 1. The molecule has 2 aromatic rings. The maximum absolute atomic E-state index is 11.9. The highest BCUT2D eigenvalue weighted by atomic mass is 16.7. The number of ether oxygens (including phenoxy) is 2. The number of carbonyl (C=O) groups is 1. The van der Waals surface area contributed by atoms with Crippen LogP contribution in [0.2, 0.25) is 0 Å². The van der Waals surface area contributed by atoms with Crippen LogP contribution < -0.4 is 20.1 Å². The van der Waals surface area contributed by atoms with Crippen LogP contribution in [0, 0.1) is 0 Å². The molecule has 2 N–H and O–H groups in total. The van der Waals surface area contributed by atoms with Gasteiger partial charge in [0.25, 0.3) is 0 Å². The molecule has 6 heteroatoms. The molecule has 0 aliphatic carbocycles. The van der Waals surface area contributed by atoms with Gasteiger partial charge in [0.1, 0.15) is 0 Å². The minimum absolute atomic E-state index is 0.0836. The lowest BCUT2D eigenvalue weighted by atomic mass is 10.1. The van der Waals surface area contributed by atoms with Gasteiger partial charge in [-0.1, -0.05) is 6.07 Å². The van der Waals surface area contributed by atoms with Crippen molar-refractivity contribution in [3.8, 4) is 11.5 Å². The number of aromatic nitrogens is 1. The standard InChI is InChI=1S/C16H17N3O3/c1-11(13-4-6-17-7-5-13)19-16(20)18-9-12-2-3-14-15(8-12)22-10-21-14/h2-8,11H,9-10H2,1H3,(H2,18,19,20). The maximum Gasteiger partial charge on any atom is 0.315 e. The smallest absolute Gasteiger partial charge is 0.315 e.